The number of nitrogens with zero attached hydrogens (tertiary/aromatic N) is 3. The van der Waals surface area contributed by atoms with Gasteiger partial charge in [0.25, 0.3) is 0 Å². The summed E-state index contributed by atoms with van der Waals surface area (Å²) in [5.41, 5.74) is -12.4. The van der Waals surface area contributed by atoms with Crippen molar-refractivity contribution in [1.82, 2.24) is 4.73 Å². The summed E-state index contributed by atoms with van der Waals surface area (Å²) in [7, 11) is -13.4. The Balaban J connectivity index is 0.000000502. The number of hydrogen-bond acceptors (Lipinski definition) is 6. The molecule has 0 aliphatic carbocycles. The molecule has 0 radical (unpaired) electrons. The molecule has 9 nitrogen and oxygen atoms in total. The molecule has 0 saturated carbocycles. The second kappa shape index (κ2) is 6.40. The number of imidazole rings is 1. The molecule has 0 fully saturated rings. The van der Waals surface area contributed by atoms with Crippen LogP contribution in [0.5, 0.6) is 0 Å². The van der Waals surface area contributed by atoms with Crippen molar-refractivity contribution in [2.45, 2.75) is 17.9 Å². The monoisotopic (exact) mass is 395 g/mol. The minimum absolute atomic E-state index is 0.380. The zero-order valence-electron chi connectivity index (χ0n) is 10.6. The predicted octanol–water partition coefficient (Wildman–Crippen LogP) is 0.618. The van der Waals surface area contributed by atoms with Crippen LogP contribution in [0.25, 0.3) is 4.13 Å². The average molecular weight is 395 g/mol. The molecule has 0 aliphatic heterocycles. The maximum absolute atomic E-state index is 11.4. The Morgan fingerprint density at radius 3 is 1.52 bits per heavy atom. The Kier molecular flexibility index (Phi) is 5.91. The second-order valence-corrected chi connectivity index (χ2v) is 6.87. The van der Waals surface area contributed by atoms with Gasteiger partial charge in [0.15, 0.2) is 32.4 Å². The molecule has 0 aromatic carbocycles. The van der Waals surface area contributed by atoms with E-state index in [0.29, 0.717) is 5.82 Å². The van der Waals surface area contributed by atoms with E-state index in [2.05, 4.69) is 0 Å². The van der Waals surface area contributed by atoms with Crippen molar-refractivity contribution < 1.29 is 58.3 Å². The number of halogens is 6. The van der Waals surface area contributed by atoms with Crippen LogP contribution in [0.1, 0.15) is 5.82 Å². The van der Waals surface area contributed by atoms with Crippen molar-refractivity contribution >= 4 is 20.0 Å². The topological polar surface area (TPSA) is 132 Å². The highest BCUT2D eigenvalue weighted by atomic mass is 32.3. The maximum atomic E-state index is 11.4. The van der Waals surface area contributed by atoms with E-state index in [1.54, 1.807) is 6.92 Å². The van der Waals surface area contributed by atoms with Gasteiger partial charge in [-0.2, -0.15) is 26.3 Å². The van der Waals surface area contributed by atoms with Gasteiger partial charge in [-0.25, -0.2) is 16.8 Å². The highest BCUT2D eigenvalue weighted by molar-refractivity contribution is 8.13. The molecule has 0 aliphatic rings. The number of rotatable bonds is 2. The predicted molar refractivity (Wildman–Crippen MR) is 57.0 cm³/mol. The van der Waals surface area contributed by atoms with Crippen LogP contribution in [0.3, 0.4) is 0 Å². The summed E-state index contributed by atoms with van der Waals surface area (Å²) in [5.74, 6) is 0.380. The lowest BCUT2D eigenvalue weighted by atomic mass is 10.7. The third kappa shape index (κ3) is 5.43. The summed E-state index contributed by atoms with van der Waals surface area (Å²) < 4.78 is 111. The summed E-state index contributed by atoms with van der Waals surface area (Å²) in [6.45, 7) is 1.58. The van der Waals surface area contributed by atoms with Gasteiger partial charge in [-0.05, 0) is 9.46 Å². The van der Waals surface area contributed by atoms with Crippen molar-refractivity contribution in [3.63, 3.8) is 0 Å². The molecule has 1 aromatic heterocycles. The number of alkyl halides is 6. The van der Waals surface area contributed by atoms with E-state index in [9.17, 15) is 43.2 Å². The Labute approximate surface area is 124 Å². The standard InChI is InChI=1S/C4H7N2O2.C2F6NO4S2/c1-4-5(7)2-3-6(4)8;3-1(4,5)14(10,11)9-15(12,13)2(6,7)8/h2-3,7-8H,1H3;/q+1;-1. The van der Waals surface area contributed by atoms with Gasteiger partial charge < -0.3 is 14.5 Å². The maximum Gasteiger partial charge on any atom is 0.480 e. The van der Waals surface area contributed by atoms with Gasteiger partial charge in [0.05, 0.1) is 0 Å². The first-order chi connectivity index (χ1) is 9.92. The van der Waals surface area contributed by atoms with E-state index in [4.69, 9.17) is 10.4 Å². The van der Waals surface area contributed by atoms with Crippen LogP contribution in [0.4, 0.5) is 26.3 Å². The zero-order chi connectivity index (χ0) is 18.9. The fourth-order valence-electron chi connectivity index (χ4n) is 0.661. The van der Waals surface area contributed by atoms with Crippen LogP contribution in [0.2, 0.25) is 0 Å². The van der Waals surface area contributed by atoms with Crippen molar-refractivity contribution in [1.29, 1.82) is 0 Å². The van der Waals surface area contributed by atoms with E-state index in [1.165, 1.54) is 12.4 Å². The molecule has 1 rings (SSSR count). The lowest BCUT2D eigenvalue weighted by Crippen LogP contribution is -2.31. The lowest BCUT2D eigenvalue weighted by Gasteiger charge is -2.22. The Morgan fingerprint density at radius 2 is 1.39 bits per heavy atom. The van der Waals surface area contributed by atoms with E-state index in [-0.39, 0.29) is 0 Å². The molecule has 0 amide bonds. The SMILES string of the molecule is Cc1n(O)cc[n+]1O.O=S(=O)([N-]S(=O)(=O)C(F)(F)F)C(F)(F)F. The molecule has 2 N–H and O–H groups in total. The lowest BCUT2D eigenvalue weighted by molar-refractivity contribution is -0.909. The van der Waals surface area contributed by atoms with Gasteiger partial charge in [0.2, 0.25) is 0 Å². The zero-order valence-corrected chi connectivity index (χ0v) is 12.2. The van der Waals surface area contributed by atoms with Gasteiger partial charge in [-0.3, -0.25) is 0 Å². The van der Waals surface area contributed by atoms with Crippen LogP contribution < -0.4 is 4.73 Å². The Hall–Kier alpha value is -1.75. The second-order valence-electron chi connectivity index (χ2n) is 3.45. The molecule has 0 unspecified atom stereocenters. The highest BCUT2D eigenvalue weighted by Crippen LogP contribution is 2.36. The van der Waals surface area contributed by atoms with E-state index in [1.807, 2.05) is 0 Å². The number of aromatic nitrogens is 2. The minimum Gasteiger partial charge on any atom is -0.421 e. The van der Waals surface area contributed by atoms with E-state index >= 15 is 0 Å². The highest BCUT2D eigenvalue weighted by Gasteiger charge is 2.46. The quantitative estimate of drug-likeness (QED) is 0.429. The van der Waals surface area contributed by atoms with Crippen molar-refractivity contribution in [3.8, 4) is 0 Å². The summed E-state index contributed by atoms with van der Waals surface area (Å²) in [6.07, 6.45) is 2.69. The van der Waals surface area contributed by atoms with Crippen molar-refractivity contribution in [2.24, 2.45) is 0 Å². The smallest absolute Gasteiger partial charge is 0.421 e. The normalized spacial score (nSPS) is 13.3. The molecule has 0 spiro atoms. The third-order valence-electron chi connectivity index (χ3n) is 1.79. The first kappa shape index (κ1) is 21.2. The van der Waals surface area contributed by atoms with Gasteiger partial charge >= 0.3 is 16.8 Å². The fourth-order valence-corrected chi connectivity index (χ4v) is 2.37. The van der Waals surface area contributed by atoms with Crippen LogP contribution in [0, 0.1) is 6.92 Å². The third-order valence-corrected chi connectivity index (χ3v) is 4.53. The molecule has 0 saturated heterocycles. The summed E-state index contributed by atoms with van der Waals surface area (Å²) in [5, 5.41) is 17.4. The van der Waals surface area contributed by atoms with Gasteiger partial charge in [-0.15, -0.1) is 0 Å². The number of sulfonamides is 2. The van der Waals surface area contributed by atoms with Gasteiger partial charge in [0, 0.05) is 6.92 Å². The van der Waals surface area contributed by atoms with Crippen molar-refractivity contribution in [3.05, 3.63) is 22.3 Å². The Morgan fingerprint density at radius 1 is 1.04 bits per heavy atom. The molecule has 1 aromatic rings. The summed E-state index contributed by atoms with van der Waals surface area (Å²) in [6, 6.07) is 0. The summed E-state index contributed by atoms with van der Waals surface area (Å²) in [4.78, 5) is 0. The van der Waals surface area contributed by atoms with Crippen LogP contribution >= 0.6 is 0 Å². The van der Waals surface area contributed by atoms with E-state index < -0.39 is 31.1 Å². The largest absolute Gasteiger partial charge is 0.480 e. The molecule has 23 heavy (non-hydrogen) atoms. The van der Waals surface area contributed by atoms with Gasteiger partial charge in [0.1, 0.15) is 0 Å². The first-order valence-electron chi connectivity index (χ1n) is 4.77. The molecule has 136 valence electrons. The Bertz CT molecular complexity index is 687. The van der Waals surface area contributed by atoms with E-state index in [0.717, 1.165) is 13.6 Å². The van der Waals surface area contributed by atoms with Crippen LogP contribution in [-0.2, 0) is 20.0 Å². The van der Waals surface area contributed by atoms with Crippen LogP contribution in [0.15, 0.2) is 12.4 Å². The molecule has 17 heteroatoms. The van der Waals surface area contributed by atoms with Crippen LogP contribution in [-0.4, -0.2) is 43.0 Å². The molecule has 1 heterocycles. The first-order valence-corrected chi connectivity index (χ1v) is 7.65. The van der Waals surface area contributed by atoms with Gasteiger partial charge in [-0.1, -0.05) is 0 Å². The number of hydrogen-bond donors (Lipinski definition) is 2. The van der Waals surface area contributed by atoms with Crippen molar-refractivity contribution in [2.75, 3.05) is 0 Å². The molecule has 0 bridgehead atoms. The fraction of sp³-hybridized carbons (Fsp3) is 0.500. The molecular formula is C6H7F6N3O6S2. The average Bonchev–Trinajstić information content (AvgIpc) is 2.57. The summed E-state index contributed by atoms with van der Waals surface area (Å²) >= 11 is 0. The molecular weight excluding hydrogens is 388 g/mol. The molecule has 0 atom stereocenters. The minimum atomic E-state index is -6.72.